The number of nitrogens with one attached hydrogen (secondary N) is 1. The Labute approximate surface area is 101 Å². The van der Waals surface area contributed by atoms with Crippen LogP contribution in [-0.2, 0) is 0 Å². The van der Waals surface area contributed by atoms with Gasteiger partial charge in [-0.1, -0.05) is 11.6 Å². The molecule has 0 bridgehead atoms. The number of nitrogen functional groups attached to an aromatic ring is 1. The van der Waals surface area contributed by atoms with Gasteiger partial charge in [-0.25, -0.2) is 0 Å². The van der Waals surface area contributed by atoms with Crippen LogP contribution >= 0.6 is 11.6 Å². The van der Waals surface area contributed by atoms with Gasteiger partial charge < -0.3 is 11.1 Å². The normalized spacial score (nSPS) is 20.1. The minimum absolute atomic E-state index is 0.642. The lowest BCUT2D eigenvalue weighted by molar-refractivity contribution is 0.568. The van der Waals surface area contributed by atoms with E-state index in [2.05, 4.69) is 5.32 Å². The summed E-state index contributed by atoms with van der Waals surface area (Å²) in [5.41, 5.74) is 7.78. The molecule has 0 heterocycles. The van der Waals surface area contributed by atoms with Crippen LogP contribution in [0.25, 0.3) is 0 Å². The minimum Gasteiger partial charge on any atom is -0.397 e. The highest BCUT2D eigenvalue weighted by atomic mass is 35.5. The Morgan fingerprint density at radius 2 is 1.81 bits per heavy atom. The summed E-state index contributed by atoms with van der Waals surface area (Å²) in [6.07, 6.45) is 5.51. The molecule has 0 atom stereocenters. The molecular formula is C13H17ClN2. The van der Waals surface area contributed by atoms with Crippen LogP contribution in [0.4, 0.5) is 11.4 Å². The predicted molar refractivity (Wildman–Crippen MR) is 68.7 cm³/mol. The van der Waals surface area contributed by atoms with Crippen molar-refractivity contribution in [3.05, 3.63) is 23.2 Å². The zero-order valence-electron chi connectivity index (χ0n) is 9.25. The number of nitrogens with two attached hydrogens (primary N) is 1. The molecule has 0 amide bonds. The molecule has 3 rings (SSSR count). The van der Waals surface area contributed by atoms with Gasteiger partial charge >= 0.3 is 0 Å². The third-order valence-electron chi connectivity index (χ3n) is 3.60. The number of halogens is 1. The van der Waals surface area contributed by atoms with Crippen LogP contribution in [0, 0.1) is 11.8 Å². The molecule has 2 aliphatic rings. The monoisotopic (exact) mass is 236 g/mol. The number of benzene rings is 1. The molecule has 0 spiro atoms. The Hall–Kier alpha value is -0.890. The summed E-state index contributed by atoms with van der Waals surface area (Å²) < 4.78 is 0. The van der Waals surface area contributed by atoms with Gasteiger partial charge in [0.05, 0.1) is 11.4 Å². The van der Waals surface area contributed by atoms with Crippen LogP contribution in [0.3, 0.4) is 0 Å². The van der Waals surface area contributed by atoms with Gasteiger partial charge in [-0.3, -0.25) is 0 Å². The highest BCUT2D eigenvalue weighted by molar-refractivity contribution is 6.31. The van der Waals surface area contributed by atoms with Gasteiger partial charge in [-0.2, -0.15) is 0 Å². The standard InChI is InChI=1S/C13H17ClN2/c14-10-5-6-12(11(15)7-10)16-13(8-1-2-8)9-3-4-9/h5-9,13,16H,1-4,15H2. The van der Waals surface area contributed by atoms with Crippen molar-refractivity contribution < 1.29 is 0 Å². The van der Waals surface area contributed by atoms with Gasteiger partial charge in [0, 0.05) is 11.1 Å². The molecule has 16 heavy (non-hydrogen) atoms. The van der Waals surface area contributed by atoms with E-state index in [-0.39, 0.29) is 0 Å². The van der Waals surface area contributed by atoms with Crippen LogP contribution in [0.1, 0.15) is 25.7 Å². The van der Waals surface area contributed by atoms with E-state index in [1.165, 1.54) is 25.7 Å². The fourth-order valence-corrected chi connectivity index (χ4v) is 2.56. The molecule has 2 fully saturated rings. The fraction of sp³-hybridized carbons (Fsp3) is 0.538. The predicted octanol–water partition coefficient (Wildman–Crippen LogP) is 3.52. The maximum absolute atomic E-state index is 5.96. The Bertz CT molecular complexity index is 385. The second kappa shape index (κ2) is 3.85. The van der Waals surface area contributed by atoms with Crippen molar-refractivity contribution in [1.82, 2.24) is 0 Å². The molecular weight excluding hydrogens is 220 g/mol. The average Bonchev–Trinajstić information content (AvgIpc) is 3.11. The van der Waals surface area contributed by atoms with Gasteiger partial charge in [0.25, 0.3) is 0 Å². The largest absolute Gasteiger partial charge is 0.397 e. The molecule has 1 aromatic rings. The third-order valence-corrected chi connectivity index (χ3v) is 3.83. The number of anilines is 2. The molecule has 3 heteroatoms. The summed E-state index contributed by atoms with van der Waals surface area (Å²) in [6.45, 7) is 0. The first-order chi connectivity index (χ1) is 7.74. The third kappa shape index (κ3) is 2.12. The first-order valence-corrected chi connectivity index (χ1v) is 6.43. The molecule has 0 radical (unpaired) electrons. The van der Waals surface area contributed by atoms with Crippen LogP contribution in [0.15, 0.2) is 18.2 Å². The quantitative estimate of drug-likeness (QED) is 0.785. The van der Waals surface area contributed by atoms with Gasteiger partial charge in [0.2, 0.25) is 0 Å². The molecule has 2 saturated carbocycles. The fourth-order valence-electron chi connectivity index (χ4n) is 2.38. The Morgan fingerprint density at radius 1 is 1.19 bits per heavy atom. The lowest BCUT2D eigenvalue weighted by Gasteiger charge is -2.20. The Balaban J connectivity index is 1.76. The summed E-state index contributed by atoms with van der Waals surface area (Å²) >= 11 is 5.90. The first-order valence-electron chi connectivity index (χ1n) is 6.05. The molecule has 0 saturated heterocycles. The highest BCUT2D eigenvalue weighted by Crippen LogP contribution is 2.46. The first kappa shape index (κ1) is 10.3. The zero-order valence-corrected chi connectivity index (χ0v) is 10.0. The van der Waals surface area contributed by atoms with Crippen molar-refractivity contribution in [2.24, 2.45) is 11.8 Å². The van der Waals surface area contributed by atoms with Crippen molar-refractivity contribution >= 4 is 23.0 Å². The lowest BCUT2D eigenvalue weighted by Crippen LogP contribution is -2.24. The van der Waals surface area contributed by atoms with E-state index < -0.39 is 0 Å². The summed E-state index contributed by atoms with van der Waals surface area (Å²) in [4.78, 5) is 0. The second-order valence-corrected chi connectivity index (χ2v) is 5.51. The van der Waals surface area contributed by atoms with Gasteiger partial charge in [0.1, 0.15) is 0 Å². The zero-order chi connectivity index (χ0) is 11.1. The van der Waals surface area contributed by atoms with Crippen molar-refractivity contribution in [3.63, 3.8) is 0 Å². The SMILES string of the molecule is Nc1cc(Cl)ccc1NC(C1CC1)C1CC1. The summed E-state index contributed by atoms with van der Waals surface area (Å²) in [7, 11) is 0. The van der Waals surface area contributed by atoms with Crippen LogP contribution in [0.2, 0.25) is 5.02 Å². The topological polar surface area (TPSA) is 38.0 Å². The van der Waals surface area contributed by atoms with Gasteiger partial charge in [0.15, 0.2) is 0 Å². The van der Waals surface area contributed by atoms with E-state index in [0.29, 0.717) is 11.1 Å². The summed E-state index contributed by atoms with van der Waals surface area (Å²) in [5, 5.41) is 4.32. The van der Waals surface area contributed by atoms with Gasteiger partial charge in [-0.05, 0) is 55.7 Å². The molecule has 2 nitrogen and oxygen atoms in total. The van der Waals surface area contributed by atoms with Crippen LogP contribution < -0.4 is 11.1 Å². The Morgan fingerprint density at radius 3 is 2.31 bits per heavy atom. The van der Waals surface area contributed by atoms with E-state index in [1.807, 2.05) is 18.2 Å². The maximum atomic E-state index is 5.96. The van der Waals surface area contributed by atoms with E-state index in [0.717, 1.165) is 23.2 Å². The maximum Gasteiger partial charge on any atom is 0.0577 e. The summed E-state index contributed by atoms with van der Waals surface area (Å²) in [6, 6.07) is 6.36. The molecule has 0 aromatic heterocycles. The van der Waals surface area contributed by atoms with Crippen molar-refractivity contribution in [2.45, 2.75) is 31.7 Å². The van der Waals surface area contributed by atoms with Crippen LogP contribution in [-0.4, -0.2) is 6.04 Å². The number of rotatable bonds is 4. The molecule has 3 N–H and O–H groups in total. The van der Waals surface area contributed by atoms with Gasteiger partial charge in [-0.15, -0.1) is 0 Å². The summed E-state index contributed by atoms with van der Waals surface area (Å²) in [5.74, 6) is 1.75. The second-order valence-electron chi connectivity index (χ2n) is 5.08. The van der Waals surface area contributed by atoms with E-state index in [4.69, 9.17) is 17.3 Å². The van der Waals surface area contributed by atoms with E-state index in [1.54, 1.807) is 0 Å². The molecule has 0 unspecified atom stereocenters. The molecule has 86 valence electrons. The Kier molecular flexibility index (Phi) is 2.47. The average molecular weight is 237 g/mol. The van der Waals surface area contributed by atoms with E-state index in [9.17, 15) is 0 Å². The highest BCUT2D eigenvalue weighted by Gasteiger charge is 2.41. The molecule has 1 aromatic carbocycles. The lowest BCUT2D eigenvalue weighted by atomic mass is 10.1. The smallest absolute Gasteiger partial charge is 0.0577 e. The van der Waals surface area contributed by atoms with Crippen LogP contribution in [0.5, 0.6) is 0 Å². The van der Waals surface area contributed by atoms with E-state index >= 15 is 0 Å². The number of hydrogen-bond donors (Lipinski definition) is 2. The van der Waals surface area contributed by atoms with Crippen molar-refractivity contribution in [2.75, 3.05) is 11.1 Å². The van der Waals surface area contributed by atoms with Crippen molar-refractivity contribution in [1.29, 1.82) is 0 Å². The minimum atomic E-state index is 0.642. The molecule has 0 aliphatic heterocycles. The van der Waals surface area contributed by atoms with Crippen molar-refractivity contribution in [3.8, 4) is 0 Å². The molecule has 2 aliphatic carbocycles. The number of hydrogen-bond acceptors (Lipinski definition) is 2.